The van der Waals surface area contributed by atoms with Gasteiger partial charge in [-0.05, 0) is 33.8 Å². The van der Waals surface area contributed by atoms with Crippen LogP contribution in [0.3, 0.4) is 0 Å². The van der Waals surface area contributed by atoms with Crippen molar-refractivity contribution >= 4 is 10.0 Å². The number of rotatable bonds is 3. The minimum Gasteiger partial charge on any atom is -0.284 e. The lowest BCUT2D eigenvalue weighted by Crippen LogP contribution is -2.38. The molecule has 0 saturated carbocycles. The molecule has 0 aliphatic rings. The first-order valence-electron chi connectivity index (χ1n) is 4.04. The topological polar surface area (TPSA) is 46.2 Å². The Morgan fingerprint density at radius 1 is 1.38 bits per heavy atom. The van der Waals surface area contributed by atoms with Gasteiger partial charge in [0.25, 0.3) is 0 Å². The number of hydrogen-bond donors (Lipinski definition) is 1. The molecule has 0 spiro atoms. The normalized spacial score (nSPS) is 13.2. The average molecular weight is 203 g/mol. The van der Waals surface area contributed by atoms with E-state index in [1.165, 1.54) is 0 Å². The van der Waals surface area contributed by atoms with Crippen molar-refractivity contribution in [1.82, 2.24) is 4.72 Å². The van der Waals surface area contributed by atoms with Crippen LogP contribution in [0.2, 0.25) is 0 Å². The Morgan fingerprint density at radius 3 is 2.15 bits per heavy atom. The molecule has 0 unspecified atom stereocenters. The highest BCUT2D eigenvalue weighted by atomic mass is 32.2. The number of sulfonamides is 1. The maximum absolute atomic E-state index is 11.5. The molecule has 0 aromatic heterocycles. The third-order valence-electron chi connectivity index (χ3n) is 1.44. The minimum atomic E-state index is -3.32. The molecule has 3 nitrogen and oxygen atoms in total. The second kappa shape index (κ2) is 3.96. The molecule has 0 fully saturated rings. The monoisotopic (exact) mass is 203 g/mol. The van der Waals surface area contributed by atoms with Gasteiger partial charge in [-0.3, -0.25) is 4.72 Å². The van der Waals surface area contributed by atoms with Gasteiger partial charge < -0.3 is 0 Å². The lowest BCUT2D eigenvalue weighted by molar-refractivity contribution is 0.553. The van der Waals surface area contributed by atoms with Gasteiger partial charge in [0.2, 0.25) is 10.0 Å². The highest BCUT2D eigenvalue weighted by Crippen LogP contribution is 2.14. The van der Waals surface area contributed by atoms with Crippen molar-refractivity contribution in [3.05, 3.63) is 24.4 Å². The molecule has 0 aliphatic heterocycles. The Hall–Kier alpha value is -0.770. The van der Waals surface area contributed by atoms with E-state index in [4.69, 9.17) is 0 Å². The van der Waals surface area contributed by atoms with E-state index < -0.39 is 14.8 Å². The number of nitrogens with one attached hydrogen (secondary N) is 1. The van der Waals surface area contributed by atoms with Gasteiger partial charge in [0.05, 0.1) is 4.75 Å². The summed E-state index contributed by atoms with van der Waals surface area (Å²) in [6.45, 7) is 10.3. The number of allylic oxidation sites excluding steroid dienone is 2. The molecule has 0 aromatic carbocycles. The molecule has 0 atom stereocenters. The Kier molecular flexibility index (Phi) is 3.72. The zero-order valence-corrected chi connectivity index (χ0v) is 9.40. The van der Waals surface area contributed by atoms with Crippen LogP contribution in [0.5, 0.6) is 0 Å². The Bertz CT molecular complexity index is 307. The highest BCUT2D eigenvalue weighted by molar-refractivity contribution is 7.90. The van der Waals surface area contributed by atoms with Crippen LogP contribution in [0.1, 0.15) is 27.7 Å². The SMILES string of the molecule is C=C(/C=C\C)NS(=O)(=O)C(C)(C)C. The van der Waals surface area contributed by atoms with E-state index in [9.17, 15) is 8.42 Å². The summed E-state index contributed by atoms with van der Waals surface area (Å²) >= 11 is 0. The Morgan fingerprint density at radius 2 is 1.85 bits per heavy atom. The predicted molar refractivity (Wildman–Crippen MR) is 55.8 cm³/mol. The maximum atomic E-state index is 11.5. The van der Waals surface area contributed by atoms with Crippen molar-refractivity contribution in [3.63, 3.8) is 0 Å². The van der Waals surface area contributed by atoms with Gasteiger partial charge in [-0.1, -0.05) is 12.7 Å². The number of hydrogen-bond acceptors (Lipinski definition) is 2. The van der Waals surface area contributed by atoms with Crippen molar-refractivity contribution < 1.29 is 8.42 Å². The van der Waals surface area contributed by atoms with E-state index >= 15 is 0 Å². The first-order valence-corrected chi connectivity index (χ1v) is 5.53. The fourth-order valence-corrected chi connectivity index (χ4v) is 1.28. The predicted octanol–water partition coefficient (Wildman–Crippen LogP) is 1.79. The molecule has 1 N–H and O–H groups in total. The second-order valence-corrected chi connectivity index (χ2v) is 6.18. The fourth-order valence-electron chi connectivity index (χ4n) is 0.561. The summed E-state index contributed by atoms with van der Waals surface area (Å²) in [6.07, 6.45) is 3.34. The first-order chi connectivity index (χ1) is 5.70. The van der Waals surface area contributed by atoms with Gasteiger partial charge in [-0.15, -0.1) is 0 Å². The zero-order valence-electron chi connectivity index (χ0n) is 8.59. The van der Waals surface area contributed by atoms with Gasteiger partial charge in [-0.25, -0.2) is 8.42 Å². The molecule has 4 heteroatoms. The molecule has 0 aliphatic carbocycles. The molecule has 76 valence electrons. The van der Waals surface area contributed by atoms with Crippen LogP contribution in [-0.2, 0) is 10.0 Å². The van der Waals surface area contributed by atoms with Gasteiger partial charge in [-0.2, -0.15) is 0 Å². The van der Waals surface area contributed by atoms with Crippen LogP contribution in [0.4, 0.5) is 0 Å². The van der Waals surface area contributed by atoms with Gasteiger partial charge in [0, 0.05) is 5.70 Å². The summed E-state index contributed by atoms with van der Waals surface area (Å²) in [6, 6.07) is 0. The van der Waals surface area contributed by atoms with Crippen molar-refractivity contribution in [2.75, 3.05) is 0 Å². The third-order valence-corrected chi connectivity index (χ3v) is 3.58. The van der Waals surface area contributed by atoms with Gasteiger partial charge >= 0.3 is 0 Å². The summed E-state index contributed by atoms with van der Waals surface area (Å²) < 4.78 is 24.6. The standard InChI is InChI=1S/C9H17NO2S/c1-6-7-8(2)10-13(11,12)9(3,4)5/h6-7,10H,2H2,1,3-5H3/b7-6-. The molecule has 0 bridgehead atoms. The second-order valence-electron chi connectivity index (χ2n) is 3.74. The van der Waals surface area contributed by atoms with E-state index in [0.29, 0.717) is 5.70 Å². The largest absolute Gasteiger partial charge is 0.284 e. The van der Waals surface area contributed by atoms with E-state index in [2.05, 4.69) is 11.3 Å². The molecule has 0 saturated heterocycles. The first kappa shape index (κ1) is 12.2. The van der Waals surface area contributed by atoms with Crippen LogP contribution in [0.15, 0.2) is 24.4 Å². The minimum absolute atomic E-state index is 0.387. The smallest absolute Gasteiger partial charge is 0.237 e. The summed E-state index contributed by atoms with van der Waals surface area (Å²) in [4.78, 5) is 0. The van der Waals surface area contributed by atoms with Crippen LogP contribution >= 0.6 is 0 Å². The molecule has 0 radical (unpaired) electrons. The lowest BCUT2D eigenvalue weighted by atomic mass is 10.3. The van der Waals surface area contributed by atoms with E-state index in [0.717, 1.165) is 0 Å². The van der Waals surface area contributed by atoms with Crippen LogP contribution in [-0.4, -0.2) is 13.2 Å². The quantitative estimate of drug-likeness (QED) is 0.711. The van der Waals surface area contributed by atoms with Crippen molar-refractivity contribution in [1.29, 1.82) is 0 Å². The summed E-state index contributed by atoms with van der Waals surface area (Å²) in [5, 5.41) is 0. The highest BCUT2D eigenvalue weighted by Gasteiger charge is 2.28. The summed E-state index contributed by atoms with van der Waals surface area (Å²) in [7, 11) is -3.32. The average Bonchev–Trinajstić information content (AvgIpc) is 1.83. The van der Waals surface area contributed by atoms with E-state index in [1.807, 2.05) is 0 Å². The lowest BCUT2D eigenvalue weighted by Gasteiger charge is -2.20. The van der Waals surface area contributed by atoms with Gasteiger partial charge in [0.1, 0.15) is 0 Å². The van der Waals surface area contributed by atoms with Crippen molar-refractivity contribution in [3.8, 4) is 0 Å². The van der Waals surface area contributed by atoms with Crippen molar-refractivity contribution in [2.24, 2.45) is 0 Å². The summed E-state index contributed by atoms with van der Waals surface area (Å²) in [5.41, 5.74) is 0.387. The molecular formula is C9H17NO2S. The zero-order chi connectivity index (χ0) is 10.7. The molecular weight excluding hydrogens is 186 g/mol. The van der Waals surface area contributed by atoms with Crippen molar-refractivity contribution in [2.45, 2.75) is 32.4 Å². The summed E-state index contributed by atoms with van der Waals surface area (Å²) in [5.74, 6) is 0. The van der Waals surface area contributed by atoms with E-state index in [1.54, 1.807) is 39.8 Å². The molecule has 0 aromatic rings. The maximum Gasteiger partial charge on any atom is 0.237 e. The molecule has 0 heterocycles. The van der Waals surface area contributed by atoms with Crippen LogP contribution < -0.4 is 4.72 Å². The molecule has 0 rings (SSSR count). The van der Waals surface area contributed by atoms with Gasteiger partial charge in [0.15, 0.2) is 0 Å². The van der Waals surface area contributed by atoms with Crippen LogP contribution in [0.25, 0.3) is 0 Å². The molecule has 13 heavy (non-hydrogen) atoms. The Balaban J connectivity index is 4.65. The van der Waals surface area contributed by atoms with Crippen LogP contribution in [0, 0.1) is 0 Å². The molecule has 0 amide bonds. The Labute approximate surface area is 80.6 Å². The fraction of sp³-hybridized carbons (Fsp3) is 0.556. The van der Waals surface area contributed by atoms with E-state index in [-0.39, 0.29) is 0 Å². The third kappa shape index (κ3) is 3.63.